The van der Waals surface area contributed by atoms with Gasteiger partial charge in [0.1, 0.15) is 6.04 Å². The lowest BCUT2D eigenvalue weighted by Gasteiger charge is -2.32. The monoisotopic (exact) mass is 526 g/mol. The molecule has 2 unspecified atom stereocenters. The van der Waals surface area contributed by atoms with Gasteiger partial charge in [-0.1, -0.05) is 110 Å². The van der Waals surface area contributed by atoms with Crippen LogP contribution in [0.2, 0.25) is 5.02 Å². The molecule has 0 saturated heterocycles. The topological polar surface area (TPSA) is 49.4 Å². The van der Waals surface area contributed by atoms with Gasteiger partial charge in [0.25, 0.3) is 0 Å². The van der Waals surface area contributed by atoms with Gasteiger partial charge < -0.3 is 10.2 Å². The lowest BCUT2D eigenvalue weighted by Crippen LogP contribution is -2.52. The van der Waals surface area contributed by atoms with Crippen molar-refractivity contribution in [2.75, 3.05) is 0 Å². The first-order chi connectivity index (χ1) is 18.5. The Hall–Kier alpha value is -3.63. The van der Waals surface area contributed by atoms with Crippen molar-refractivity contribution in [3.8, 4) is 0 Å². The zero-order valence-corrected chi connectivity index (χ0v) is 22.8. The van der Waals surface area contributed by atoms with Gasteiger partial charge in [-0.3, -0.25) is 9.59 Å². The Bertz CT molecular complexity index is 1370. The van der Waals surface area contributed by atoms with Crippen molar-refractivity contribution < 1.29 is 9.59 Å². The summed E-state index contributed by atoms with van der Waals surface area (Å²) in [4.78, 5) is 29.3. The summed E-state index contributed by atoms with van der Waals surface area (Å²) in [5, 5.41) is 6.00. The molecule has 5 heteroatoms. The van der Waals surface area contributed by atoms with Gasteiger partial charge in [0.2, 0.25) is 11.8 Å². The predicted molar refractivity (Wildman–Crippen MR) is 156 cm³/mol. The summed E-state index contributed by atoms with van der Waals surface area (Å²) in [5.41, 5.74) is 2.95. The SMILES string of the molecule is CCC(C)NC(=O)C(Cc1ccccc1)N(Cc1ccccc1Cl)C(=O)CCc1cccc2ccccc12. The number of aryl methyl sites for hydroxylation is 1. The van der Waals surface area contributed by atoms with Gasteiger partial charge in [-0.25, -0.2) is 0 Å². The van der Waals surface area contributed by atoms with E-state index in [-0.39, 0.29) is 24.4 Å². The van der Waals surface area contributed by atoms with Crippen molar-refractivity contribution in [3.63, 3.8) is 0 Å². The Morgan fingerprint density at radius 3 is 2.26 bits per heavy atom. The Morgan fingerprint density at radius 2 is 1.50 bits per heavy atom. The number of benzene rings is 4. The molecule has 196 valence electrons. The van der Waals surface area contributed by atoms with Crippen molar-refractivity contribution in [3.05, 3.63) is 119 Å². The van der Waals surface area contributed by atoms with Gasteiger partial charge in [-0.15, -0.1) is 0 Å². The fourth-order valence-corrected chi connectivity index (χ4v) is 4.90. The number of fused-ring (bicyclic) bond motifs is 1. The Morgan fingerprint density at radius 1 is 0.842 bits per heavy atom. The largest absolute Gasteiger partial charge is 0.352 e. The average molecular weight is 527 g/mol. The second-order valence-electron chi connectivity index (χ2n) is 9.77. The number of rotatable bonds is 11. The van der Waals surface area contributed by atoms with Gasteiger partial charge >= 0.3 is 0 Å². The smallest absolute Gasteiger partial charge is 0.243 e. The minimum absolute atomic E-state index is 0.00808. The van der Waals surface area contributed by atoms with Crippen LogP contribution in [-0.2, 0) is 29.0 Å². The highest BCUT2D eigenvalue weighted by molar-refractivity contribution is 6.31. The highest BCUT2D eigenvalue weighted by Crippen LogP contribution is 2.23. The van der Waals surface area contributed by atoms with Crippen molar-refractivity contribution >= 4 is 34.2 Å². The number of carbonyl (C=O) groups excluding carboxylic acids is 2. The number of nitrogens with one attached hydrogen (secondary N) is 1. The third kappa shape index (κ3) is 7.02. The summed E-state index contributed by atoms with van der Waals surface area (Å²) < 4.78 is 0. The molecule has 0 heterocycles. The number of hydrogen-bond acceptors (Lipinski definition) is 2. The first-order valence-corrected chi connectivity index (χ1v) is 13.7. The van der Waals surface area contributed by atoms with Crippen LogP contribution in [0.25, 0.3) is 10.8 Å². The molecule has 2 atom stereocenters. The molecule has 0 aromatic heterocycles. The highest BCUT2D eigenvalue weighted by atomic mass is 35.5. The Labute approximate surface area is 230 Å². The zero-order chi connectivity index (χ0) is 26.9. The van der Waals surface area contributed by atoms with Crippen molar-refractivity contribution in [2.24, 2.45) is 0 Å². The van der Waals surface area contributed by atoms with Crippen LogP contribution in [0.1, 0.15) is 43.4 Å². The molecule has 0 bridgehead atoms. The molecule has 0 saturated carbocycles. The Kier molecular flexibility index (Phi) is 9.56. The lowest BCUT2D eigenvalue weighted by molar-refractivity contribution is -0.141. The molecule has 0 radical (unpaired) electrons. The fourth-order valence-electron chi connectivity index (χ4n) is 4.70. The molecule has 4 rings (SSSR count). The molecule has 4 aromatic rings. The minimum atomic E-state index is -0.664. The average Bonchev–Trinajstić information content (AvgIpc) is 2.94. The number of carbonyl (C=O) groups is 2. The summed E-state index contributed by atoms with van der Waals surface area (Å²) in [7, 11) is 0. The summed E-state index contributed by atoms with van der Waals surface area (Å²) in [6.07, 6.45) is 2.11. The summed E-state index contributed by atoms with van der Waals surface area (Å²) in [6, 6.07) is 31.1. The molecule has 2 amide bonds. The molecular formula is C33H35ClN2O2. The zero-order valence-electron chi connectivity index (χ0n) is 22.1. The van der Waals surface area contributed by atoms with Crippen LogP contribution in [-0.4, -0.2) is 28.8 Å². The number of nitrogens with zero attached hydrogens (tertiary/aromatic N) is 1. The van der Waals surface area contributed by atoms with Gasteiger partial charge in [0, 0.05) is 30.5 Å². The molecule has 0 spiro atoms. The van der Waals surface area contributed by atoms with Crippen LogP contribution in [0, 0.1) is 0 Å². The highest BCUT2D eigenvalue weighted by Gasteiger charge is 2.31. The van der Waals surface area contributed by atoms with E-state index < -0.39 is 6.04 Å². The molecule has 38 heavy (non-hydrogen) atoms. The van der Waals surface area contributed by atoms with Crippen LogP contribution in [0.15, 0.2) is 97.1 Å². The van der Waals surface area contributed by atoms with Gasteiger partial charge in [-0.2, -0.15) is 0 Å². The molecular weight excluding hydrogens is 492 g/mol. The van der Waals surface area contributed by atoms with Crippen molar-refractivity contribution in [1.82, 2.24) is 10.2 Å². The van der Waals surface area contributed by atoms with E-state index >= 15 is 0 Å². The minimum Gasteiger partial charge on any atom is -0.352 e. The second kappa shape index (κ2) is 13.3. The van der Waals surface area contributed by atoms with Crippen molar-refractivity contribution in [1.29, 1.82) is 0 Å². The number of hydrogen-bond donors (Lipinski definition) is 1. The molecule has 4 nitrogen and oxygen atoms in total. The maximum Gasteiger partial charge on any atom is 0.243 e. The van der Waals surface area contributed by atoms with E-state index in [1.807, 2.05) is 86.6 Å². The Balaban J connectivity index is 1.66. The van der Waals surface area contributed by atoms with E-state index in [0.29, 0.717) is 24.3 Å². The molecule has 1 N–H and O–H groups in total. The van der Waals surface area contributed by atoms with Crippen LogP contribution in [0.4, 0.5) is 0 Å². The third-order valence-electron chi connectivity index (χ3n) is 7.06. The van der Waals surface area contributed by atoms with E-state index in [0.717, 1.165) is 33.9 Å². The number of halogens is 1. The van der Waals surface area contributed by atoms with Crippen LogP contribution in [0.5, 0.6) is 0 Å². The van der Waals surface area contributed by atoms with E-state index in [1.54, 1.807) is 4.90 Å². The molecule has 0 fully saturated rings. The number of amides is 2. The first kappa shape index (κ1) is 27.4. The maximum atomic E-state index is 14.0. The van der Waals surface area contributed by atoms with Gasteiger partial charge in [-0.05, 0) is 53.3 Å². The predicted octanol–water partition coefficient (Wildman–Crippen LogP) is 6.98. The molecule has 4 aromatic carbocycles. The standard InChI is InChI=1S/C33H35ClN2O2/c1-3-24(2)35-33(38)31(22-25-12-5-4-6-13-25)36(23-28-15-8-10-19-30(28)34)32(37)21-20-27-17-11-16-26-14-7-9-18-29(26)27/h4-19,24,31H,3,20-23H2,1-2H3,(H,35,38). The summed E-state index contributed by atoms with van der Waals surface area (Å²) in [6.45, 7) is 4.28. The van der Waals surface area contributed by atoms with E-state index in [4.69, 9.17) is 11.6 Å². The fraction of sp³-hybridized carbons (Fsp3) is 0.273. The van der Waals surface area contributed by atoms with E-state index in [9.17, 15) is 9.59 Å². The van der Waals surface area contributed by atoms with Crippen LogP contribution < -0.4 is 5.32 Å². The molecule has 0 aliphatic rings. The van der Waals surface area contributed by atoms with Crippen molar-refractivity contribution in [2.45, 2.75) is 58.2 Å². The van der Waals surface area contributed by atoms with Gasteiger partial charge in [0.05, 0.1) is 0 Å². The van der Waals surface area contributed by atoms with Crippen LogP contribution >= 0.6 is 11.6 Å². The quantitative estimate of drug-likeness (QED) is 0.229. The molecule has 0 aliphatic heterocycles. The molecule has 0 aliphatic carbocycles. The third-order valence-corrected chi connectivity index (χ3v) is 7.43. The lowest BCUT2D eigenvalue weighted by atomic mass is 9.99. The summed E-state index contributed by atoms with van der Waals surface area (Å²) >= 11 is 6.52. The van der Waals surface area contributed by atoms with E-state index in [2.05, 4.69) is 29.6 Å². The van der Waals surface area contributed by atoms with Gasteiger partial charge in [0.15, 0.2) is 0 Å². The van der Waals surface area contributed by atoms with E-state index in [1.165, 1.54) is 0 Å². The van der Waals surface area contributed by atoms with Crippen LogP contribution in [0.3, 0.4) is 0 Å². The summed E-state index contributed by atoms with van der Waals surface area (Å²) in [5.74, 6) is -0.216. The second-order valence-corrected chi connectivity index (χ2v) is 10.2. The normalized spacial score (nSPS) is 12.6. The first-order valence-electron chi connectivity index (χ1n) is 13.3. The maximum absolute atomic E-state index is 14.0.